The summed E-state index contributed by atoms with van der Waals surface area (Å²) >= 11 is 0. The Bertz CT molecular complexity index is 671. The molecular formula is C21H29NO5. The first-order valence-corrected chi connectivity index (χ1v) is 9.48. The minimum absolute atomic E-state index is 0.178. The van der Waals surface area contributed by atoms with E-state index in [2.05, 4.69) is 12.2 Å². The number of esters is 1. The first kappa shape index (κ1) is 20.8. The molecule has 0 heterocycles. The first-order chi connectivity index (χ1) is 13.0. The first-order valence-electron chi connectivity index (χ1n) is 9.48. The molecule has 6 nitrogen and oxygen atoms in total. The third-order valence-corrected chi connectivity index (χ3v) is 4.70. The Morgan fingerprint density at radius 1 is 1.22 bits per heavy atom. The molecule has 1 aromatic carbocycles. The zero-order valence-electron chi connectivity index (χ0n) is 16.3. The van der Waals surface area contributed by atoms with Crippen molar-refractivity contribution in [2.75, 3.05) is 20.3 Å². The van der Waals surface area contributed by atoms with Gasteiger partial charge in [0, 0.05) is 12.1 Å². The predicted octanol–water partition coefficient (Wildman–Crippen LogP) is 3.35. The number of amides is 1. The van der Waals surface area contributed by atoms with Gasteiger partial charge in [-0.1, -0.05) is 25.8 Å². The number of benzene rings is 1. The molecule has 0 aliphatic heterocycles. The topological polar surface area (TPSA) is 73.9 Å². The monoisotopic (exact) mass is 375 g/mol. The van der Waals surface area contributed by atoms with Gasteiger partial charge in [-0.2, -0.15) is 0 Å². The standard InChI is InChI=1S/C21H29NO5/c1-4-26-19-13-16(9-11-18(19)25-3)10-12-21(24)27-14-20(23)22-17-8-6-5-7-15(17)2/h9-13,15,17H,4-8,14H2,1-3H3,(H,22,23)/b12-10+/t15-,17-/m0/s1. The van der Waals surface area contributed by atoms with E-state index in [1.807, 2.05) is 13.0 Å². The summed E-state index contributed by atoms with van der Waals surface area (Å²) in [4.78, 5) is 23.8. The average molecular weight is 375 g/mol. The number of carbonyl (C=O) groups excluding carboxylic acids is 2. The van der Waals surface area contributed by atoms with Gasteiger partial charge < -0.3 is 19.5 Å². The molecule has 1 aliphatic rings. The number of nitrogens with one attached hydrogen (secondary N) is 1. The summed E-state index contributed by atoms with van der Waals surface area (Å²) in [7, 11) is 1.57. The maximum Gasteiger partial charge on any atom is 0.331 e. The van der Waals surface area contributed by atoms with Gasteiger partial charge in [-0.25, -0.2) is 4.79 Å². The van der Waals surface area contributed by atoms with Crippen LogP contribution in [0.25, 0.3) is 6.08 Å². The van der Waals surface area contributed by atoms with Crippen molar-refractivity contribution in [1.29, 1.82) is 0 Å². The highest BCUT2D eigenvalue weighted by molar-refractivity contribution is 5.89. The van der Waals surface area contributed by atoms with E-state index < -0.39 is 5.97 Å². The molecule has 148 valence electrons. The molecule has 0 bridgehead atoms. The van der Waals surface area contributed by atoms with Crippen molar-refractivity contribution in [1.82, 2.24) is 5.32 Å². The van der Waals surface area contributed by atoms with Crippen molar-refractivity contribution in [2.24, 2.45) is 5.92 Å². The normalized spacial score (nSPS) is 19.5. The largest absolute Gasteiger partial charge is 0.493 e. The molecule has 27 heavy (non-hydrogen) atoms. The third kappa shape index (κ3) is 6.62. The molecule has 2 rings (SSSR count). The number of hydrogen-bond donors (Lipinski definition) is 1. The van der Waals surface area contributed by atoms with Gasteiger partial charge in [-0.15, -0.1) is 0 Å². The van der Waals surface area contributed by atoms with Gasteiger partial charge in [-0.05, 0) is 49.5 Å². The molecule has 0 radical (unpaired) electrons. The second-order valence-corrected chi connectivity index (χ2v) is 6.72. The quantitative estimate of drug-likeness (QED) is 0.557. The lowest BCUT2D eigenvalue weighted by atomic mass is 9.86. The zero-order chi connectivity index (χ0) is 19.6. The summed E-state index contributed by atoms with van der Waals surface area (Å²) in [5.74, 6) is 0.892. The lowest BCUT2D eigenvalue weighted by Crippen LogP contribution is -2.42. The summed E-state index contributed by atoms with van der Waals surface area (Å²) in [5.41, 5.74) is 0.775. The maximum atomic E-state index is 12.0. The zero-order valence-corrected chi connectivity index (χ0v) is 16.3. The van der Waals surface area contributed by atoms with E-state index in [1.165, 1.54) is 12.5 Å². The maximum absolute atomic E-state index is 12.0. The molecule has 6 heteroatoms. The van der Waals surface area contributed by atoms with Crippen molar-refractivity contribution in [2.45, 2.75) is 45.6 Å². The molecule has 1 N–H and O–H groups in total. The Hall–Kier alpha value is -2.50. The van der Waals surface area contributed by atoms with Gasteiger partial charge in [-0.3, -0.25) is 4.79 Å². The van der Waals surface area contributed by atoms with E-state index in [4.69, 9.17) is 14.2 Å². The number of hydrogen-bond acceptors (Lipinski definition) is 5. The van der Waals surface area contributed by atoms with Crippen LogP contribution >= 0.6 is 0 Å². The van der Waals surface area contributed by atoms with Crippen LogP contribution in [0.4, 0.5) is 0 Å². The summed E-state index contributed by atoms with van der Waals surface area (Å²) in [6.07, 6.45) is 7.37. The molecular weight excluding hydrogens is 346 g/mol. The Labute approximate surface area is 160 Å². The van der Waals surface area contributed by atoms with E-state index in [0.717, 1.165) is 24.8 Å². The summed E-state index contributed by atoms with van der Waals surface area (Å²) in [6.45, 7) is 4.28. The number of methoxy groups -OCH3 is 1. The lowest BCUT2D eigenvalue weighted by molar-refractivity contribution is -0.144. The second kappa shape index (κ2) is 10.6. The Morgan fingerprint density at radius 3 is 2.70 bits per heavy atom. The molecule has 2 atom stereocenters. The van der Waals surface area contributed by atoms with Gasteiger partial charge in [0.1, 0.15) is 0 Å². The van der Waals surface area contributed by atoms with Crippen LogP contribution in [-0.2, 0) is 14.3 Å². The molecule has 1 amide bonds. The van der Waals surface area contributed by atoms with Crippen LogP contribution in [0.15, 0.2) is 24.3 Å². The summed E-state index contributed by atoms with van der Waals surface area (Å²) < 4.78 is 15.8. The molecule has 1 fully saturated rings. The van der Waals surface area contributed by atoms with E-state index in [-0.39, 0.29) is 18.6 Å². The van der Waals surface area contributed by atoms with E-state index in [1.54, 1.807) is 25.3 Å². The smallest absolute Gasteiger partial charge is 0.331 e. The van der Waals surface area contributed by atoms with Gasteiger partial charge in [0.2, 0.25) is 0 Å². The Balaban J connectivity index is 1.82. The highest BCUT2D eigenvalue weighted by Crippen LogP contribution is 2.28. The Kier molecular flexibility index (Phi) is 8.17. The minimum Gasteiger partial charge on any atom is -0.493 e. The third-order valence-electron chi connectivity index (χ3n) is 4.70. The molecule has 0 unspecified atom stereocenters. The number of ether oxygens (including phenoxy) is 3. The highest BCUT2D eigenvalue weighted by atomic mass is 16.5. The summed E-state index contributed by atoms with van der Waals surface area (Å²) in [6, 6.07) is 5.54. The van der Waals surface area contributed by atoms with Crippen molar-refractivity contribution in [3.63, 3.8) is 0 Å². The van der Waals surface area contributed by atoms with Crippen LogP contribution in [0.2, 0.25) is 0 Å². The summed E-state index contributed by atoms with van der Waals surface area (Å²) in [5, 5.41) is 2.96. The molecule has 0 aromatic heterocycles. The fourth-order valence-electron chi connectivity index (χ4n) is 3.19. The number of rotatable bonds is 8. The minimum atomic E-state index is -0.560. The highest BCUT2D eigenvalue weighted by Gasteiger charge is 2.22. The van der Waals surface area contributed by atoms with Gasteiger partial charge in [0.05, 0.1) is 13.7 Å². The fraction of sp³-hybridized carbons (Fsp3) is 0.524. The average Bonchev–Trinajstić information content (AvgIpc) is 2.67. The number of carbonyl (C=O) groups is 2. The Morgan fingerprint density at radius 2 is 2.00 bits per heavy atom. The van der Waals surface area contributed by atoms with Crippen LogP contribution in [-0.4, -0.2) is 38.2 Å². The van der Waals surface area contributed by atoms with Gasteiger partial charge in [0.25, 0.3) is 5.91 Å². The molecule has 0 spiro atoms. The van der Waals surface area contributed by atoms with Crippen LogP contribution in [0.3, 0.4) is 0 Å². The van der Waals surface area contributed by atoms with Crippen LogP contribution in [0.1, 0.15) is 45.1 Å². The fourth-order valence-corrected chi connectivity index (χ4v) is 3.19. The molecule has 0 saturated heterocycles. The lowest BCUT2D eigenvalue weighted by Gasteiger charge is -2.29. The predicted molar refractivity (Wildman–Crippen MR) is 104 cm³/mol. The van der Waals surface area contributed by atoms with Crippen LogP contribution in [0.5, 0.6) is 11.5 Å². The van der Waals surface area contributed by atoms with E-state index >= 15 is 0 Å². The van der Waals surface area contributed by atoms with Gasteiger partial charge in [0.15, 0.2) is 18.1 Å². The van der Waals surface area contributed by atoms with E-state index in [9.17, 15) is 9.59 Å². The SMILES string of the molecule is CCOc1cc(/C=C/C(=O)OCC(=O)N[C@H]2CCCC[C@@H]2C)ccc1OC. The van der Waals surface area contributed by atoms with Gasteiger partial charge >= 0.3 is 5.97 Å². The van der Waals surface area contributed by atoms with Crippen LogP contribution < -0.4 is 14.8 Å². The molecule has 1 saturated carbocycles. The van der Waals surface area contributed by atoms with Crippen molar-refractivity contribution in [3.05, 3.63) is 29.8 Å². The van der Waals surface area contributed by atoms with Crippen molar-refractivity contribution >= 4 is 18.0 Å². The van der Waals surface area contributed by atoms with Crippen LogP contribution in [0, 0.1) is 5.92 Å². The van der Waals surface area contributed by atoms with Crippen molar-refractivity contribution < 1.29 is 23.8 Å². The second-order valence-electron chi connectivity index (χ2n) is 6.72. The molecule has 1 aromatic rings. The van der Waals surface area contributed by atoms with E-state index in [0.29, 0.717) is 24.0 Å². The van der Waals surface area contributed by atoms with Crippen molar-refractivity contribution in [3.8, 4) is 11.5 Å². The molecule has 1 aliphatic carbocycles.